The highest BCUT2D eigenvalue weighted by atomic mass is 127. The summed E-state index contributed by atoms with van der Waals surface area (Å²) in [6.45, 7) is 3.38. The molecule has 0 aromatic rings. The van der Waals surface area contributed by atoms with E-state index in [1.165, 1.54) is 0 Å². The Morgan fingerprint density at radius 2 is 1.82 bits per heavy atom. The Balaban J connectivity index is 4.10. The molecule has 2 atom stereocenters. The summed E-state index contributed by atoms with van der Waals surface area (Å²) in [6, 6.07) is 0. The molecule has 0 aliphatic rings. The Bertz CT molecular complexity index is 109. The molecular weight excluding hydrogens is 268 g/mol. The predicted octanol–water partition coefficient (Wildman–Crippen LogP) is 3.79. The van der Waals surface area contributed by atoms with E-state index in [-0.39, 0.29) is 10.3 Å². The molecule has 0 saturated heterocycles. The van der Waals surface area contributed by atoms with Crippen molar-refractivity contribution in [2.45, 2.75) is 36.8 Å². The second-order valence-corrected chi connectivity index (χ2v) is 4.58. The van der Waals surface area contributed by atoms with Crippen molar-refractivity contribution in [2.24, 2.45) is 5.92 Å². The molecule has 0 rings (SSSR count). The summed E-state index contributed by atoms with van der Waals surface area (Å²) in [5.41, 5.74) is 0. The van der Waals surface area contributed by atoms with E-state index in [0.717, 1.165) is 0 Å². The minimum atomic E-state index is -4.02. The maximum atomic E-state index is 12.2. The lowest BCUT2D eigenvalue weighted by atomic mass is 10.0. The molecule has 0 nitrogen and oxygen atoms in total. The molecule has 68 valence electrons. The third-order valence-electron chi connectivity index (χ3n) is 1.57. The Hall–Kier alpha value is 0.520. The molecule has 0 aromatic heterocycles. The zero-order chi connectivity index (χ0) is 9.07. The number of rotatable bonds is 3. The van der Waals surface area contributed by atoms with Gasteiger partial charge in [-0.3, -0.25) is 0 Å². The first-order valence-electron chi connectivity index (χ1n) is 3.60. The van der Waals surface area contributed by atoms with Crippen LogP contribution in [0, 0.1) is 5.92 Å². The van der Waals surface area contributed by atoms with Crippen LogP contribution in [-0.4, -0.2) is 10.1 Å². The minimum absolute atomic E-state index is 0.244. The molecule has 11 heavy (non-hydrogen) atoms. The molecule has 0 heterocycles. The zero-order valence-corrected chi connectivity index (χ0v) is 8.74. The van der Waals surface area contributed by atoms with Crippen LogP contribution in [0.15, 0.2) is 0 Å². The van der Waals surface area contributed by atoms with Gasteiger partial charge in [-0.15, -0.1) is 0 Å². The maximum absolute atomic E-state index is 12.2. The first-order valence-corrected chi connectivity index (χ1v) is 4.85. The topological polar surface area (TPSA) is 0 Å². The molecule has 0 saturated carbocycles. The van der Waals surface area contributed by atoms with E-state index in [1.807, 2.05) is 22.6 Å². The van der Waals surface area contributed by atoms with E-state index >= 15 is 0 Å². The summed E-state index contributed by atoms with van der Waals surface area (Å²) in [6.07, 6.45) is -3.18. The second-order valence-electron chi connectivity index (χ2n) is 2.61. The Labute approximate surface area is 78.7 Å². The average Bonchev–Trinajstić information content (AvgIpc) is 1.79. The molecule has 0 aliphatic carbocycles. The van der Waals surface area contributed by atoms with Gasteiger partial charge in [0.05, 0.1) is 5.92 Å². The molecule has 1 unspecified atom stereocenters. The van der Waals surface area contributed by atoms with Crippen LogP contribution in [0.4, 0.5) is 13.2 Å². The molecule has 0 spiro atoms. The van der Waals surface area contributed by atoms with Crippen LogP contribution in [0.5, 0.6) is 0 Å². The fraction of sp³-hybridized carbons (Fsp3) is 1.00. The lowest BCUT2D eigenvalue weighted by Crippen LogP contribution is -2.28. The van der Waals surface area contributed by atoms with E-state index < -0.39 is 12.1 Å². The van der Waals surface area contributed by atoms with Gasteiger partial charge in [-0.1, -0.05) is 42.9 Å². The lowest BCUT2D eigenvalue weighted by molar-refractivity contribution is -0.174. The van der Waals surface area contributed by atoms with E-state index in [1.54, 1.807) is 13.8 Å². The first-order chi connectivity index (χ1) is 4.89. The monoisotopic (exact) mass is 280 g/mol. The van der Waals surface area contributed by atoms with Crippen molar-refractivity contribution in [3.63, 3.8) is 0 Å². The fourth-order valence-corrected chi connectivity index (χ4v) is 1.73. The zero-order valence-electron chi connectivity index (χ0n) is 6.58. The van der Waals surface area contributed by atoms with Gasteiger partial charge in [0.15, 0.2) is 0 Å². The average molecular weight is 280 g/mol. The molecule has 0 bridgehead atoms. The minimum Gasteiger partial charge on any atom is -0.171 e. The molecule has 0 radical (unpaired) electrons. The van der Waals surface area contributed by atoms with Crippen molar-refractivity contribution >= 4 is 22.6 Å². The largest absolute Gasteiger partial charge is 0.392 e. The predicted molar refractivity (Wildman–Crippen MR) is 47.9 cm³/mol. The van der Waals surface area contributed by atoms with Gasteiger partial charge in [0.2, 0.25) is 0 Å². The smallest absolute Gasteiger partial charge is 0.171 e. The van der Waals surface area contributed by atoms with Crippen molar-refractivity contribution in [3.05, 3.63) is 0 Å². The Morgan fingerprint density at radius 1 is 1.36 bits per heavy atom. The maximum Gasteiger partial charge on any atom is 0.392 e. The highest BCUT2D eigenvalue weighted by Gasteiger charge is 2.41. The summed E-state index contributed by atoms with van der Waals surface area (Å²) in [7, 11) is 0. The Kier molecular flexibility index (Phi) is 4.74. The van der Waals surface area contributed by atoms with Gasteiger partial charge in [0.1, 0.15) is 0 Å². The molecular formula is C7H12F3I. The molecule has 0 amide bonds. The van der Waals surface area contributed by atoms with Crippen molar-refractivity contribution < 1.29 is 13.2 Å². The van der Waals surface area contributed by atoms with Crippen LogP contribution < -0.4 is 0 Å². The Morgan fingerprint density at radius 3 is 1.91 bits per heavy atom. The van der Waals surface area contributed by atoms with Crippen LogP contribution in [0.25, 0.3) is 0 Å². The fourth-order valence-electron chi connectivity index (χ4n) is 0.965. The van der Waals surface area contributed by atoms with Gasteiger partial charge in [-0.25, -0.2) is 0 Å². The third-order valence-corrected chi connectivity index (χ3v) is 2.44. The summed E-state index contributed by atoms with van der Waals surface area (Å²) in [4.78, 5) is 0. The number of hydrogen-bond donors (Lipinski definition) is 0. The second kappa shape index (κ2) is 4.52. The molecule has 4 heteroatoms. The molecule has 0 fully saturated rings. The van der Waals surface area contributed by atoms with E-state index in [2.05, 4.69) is 0 Å². The van der Waals surface area contributed by atoms with Gasteiger partial charge in [0.25, 0.3) is 0 Å². The van der Waals surface area contributed by atoms with Crippen molar-refractivity contribution in [1.29, 1.82) is 0 Å². The van der Waals surface area contributed by atoms with Gasteiger partial charge < -0.3 is 0 Å². The summed E-state index contributed by atoms with van der Waals surface area (Å²) >= 11 is 1.83. The number of halogens is 4. The van der Waals surface area contributed by atoms with Gasteiger partial charge in [-0.05, 0) is 6.42 Å². The van der Waals surface area contributed by atoms with Crippen molar-refractivity contribution in [3.8, 4) is 0 Å². The first kappa shape index (κ1) is 11.5. The summed E-state index contributed by atoms with van der Waals surface area (Å²) < 4.78 is 36.1. The van der Waals surface area contributed by atoms with Crippen LogP contribution in [0.3, 0.4) is 0 Å². The van der Waals surface area contributed by atoms with E-state index in [4.69, 9.17) is 0 Å². The van der Waals surface area contributed by atoms with E-state index in [0.29, 0.717) is 6.42 Å². The normalized spacial score (nSPS) is 18.0. The molecule has 0 aromatic carbocycles. The quantitative estimate of drug-likeness (QED) is 0.545. The highest BCUT2D eigenvalue weighted by molar-refractivity contribution is 14.1. The summed E-state index contributed by atoms with van der Waals surface area (Å²) in [5.74, 6) is -1.13. The third kappa shape index (κ3) is 4.18. The van der Waals surface area contributed by atoms with Crippen LogP contribution in [0.2, 0.25) is 0 Å². The summed E-state index contributed by atoms with van der Waals surface area (Å²) in [5, 5.41) is 0. The molecule has 0 N–H and O–H groups in total. The van der Waals surface area contributed by atoms with Crippen molar-refractivity contribution in [2.75, 3.05) is 0 Å². The lowest BCUT2D eigenvalue weighted by Gasteiger charge is -2.21. The number of hydrogen-bond acceptors (Lipinski definition) is 0. The van der Waals surface area contributed by atoms with Gasteiger partial charge in [0, 0.05) is 3.92 Å². The van der Waals surface area contributed by atoms with Gasteiger partial charge >= 0.3 is 6.18 Å². The SMILES string of the molecule is CCC[C@@H](C(C)I)C(F)(F)F. The van der Waals surface area contributed by atoms with Crippen LogP contribution in [-0.2, 0) is 0 Å². The van der Waals surface area contributed by atoms with Crippen LogP contribution in [0.1, 0.15) is 26.7 Å². The highest BCUT2D eigenvalue weighted by Crippen LogP contribution is 2.35. The van der Waals surface area contributed by atoms with Gasteiger partial charge in [-0.2, -0.15) is 13.2 Å². The van der Waals surface area contributed by atoms with E-state index in [9.17, 15) is 13.2 Å². The van der Waals surface area contributed by atoms with Crippen molar-refractivity contribution in [1.82, 2.24) is 0 Å². The standard InChI is InChI=1S/C7H12F3I/c1-3-4-6(5(2)11)7(8,9)10/h5-6H,3-4H2,1-2H3/t5?,6-/m0/s1. The number of alkyl halides is 4. The molecule has 0 aliphatic heterocycles. The van der Waals surface area contributed by atoms with Crippen LogP contribution >= 0.6 is 22.6 Å².